The first kappa shape index (κ1) is 15.5. The van der Waals surface area contributed by atoms with Crippen LogP contribution in [0.5, 0.6) is 0 Å². The third kappa shape index (κ3) is 3.68. The van der Waals surface area contributed by atoms with E-state index >= 15 is 0 Å². The molecule has 0 aliphatic carbocycles. The molecule has 0 saturated heterocycles. The number of fused-ring (bicyclic) bond motifs is 1. The lowest BCUT2D eigenvalue weighted by atomic mass is 10.1. The molecule has 1 aromatic carbocycles. The zero-order valence-electron chi connectivity index (χ0n) is 13.0. The van der Waals surface area contributed by atoms with E-state index in [1.807, 2.05) is 38.2 Å². The van der Waals surface area contributed by atoms with Gasteiger partial charge >= 0.3 is 0 Å². The van der Waals surface area contributed by atoms with Gasteiger partial charge in [-0.25, -0.2) is 9.97 Å². The van der Waals surface area contributed by atoms with Gasteiger partial charge in [-0.2, -0.15) is 5.10 Å². The van der Waals surface area contributed by atoms with Crippen molar-refractivity contribution in [2.24, 2.45) is 7.05 Å². The molecule has 0 atom stereocenters. The Morgan fingerprint density at radius 2 is 2.04 bits per heavy atom. The molecule has 0 radical (unpaired) electrons. The van der Waals surface area contributed by atoms with E-state index in [1.54, 1.807) is 10.9 Å². The summed E-state index contributed by atoms with van der Waals surface area (Å²) in [5.74, 6) is 0.290. The van der Waals surface area contributed by atoms with Crippen LogP contribution in [0.4, 0.5) is 0 Å². The van der Waals surface area contributed by atoms with Crippen molar-refractivity contribution in [1.82, 2.24) is 25.1 Å². The number of carbonyl (C=O) groups excluding carboxylic acids is 1. The van der Waals surface area contributed by atoms with Gasteiger partial charge in [-0.1, -0.05) is 41.6 Å². The maximum Gasteiger partial charge on any atom is 0.230 e. The molecule has 2 aromatic heterocycles. The topological polar surface area (TPSA) is 72.7 Å². The summed E-state index contributed by atoms with van der Waals surface area (Å²) in [5, 5.41) is 8.72. The molecule has 0 unspecified atom stereocenters. The fraction of sp³-hybridized carbons (Fsp3) is 0.250. The first-order chi connectivity index (χ1) is 11.1. The van der Waals surface area contributed by atoms with Gasteiger partial charge < -0.3 is 5.32 Å². The summed E-state index contributed by atoms with van der Waals surface area (Å²) < 4.78 is 1.69. The van der Waals surface area contributed by atoms with Crippen LogP contribution in [-0.4, -0.2) is 31.4 Å². The molecule has 0 bridgehead atoms. The molecule has 0 saturated carbocycles. The highest BCUT2D eigenvalue weighted by molar-refractivity contribution is 8.00. The van der Waals surface area contributed by atoms with Gasteiger partial charge in [0.1, 0.15) is 11.4 Å². The lowest BCUT2D eigenvalue weighted by Gasteiger charge is -2.06. The predicted octanol–water partition coefficient (Wildman–Crippen LogP) is 2.08. The Labute approximate surface area is 138 Å². The monoisotopic (exact) mass is 327 g/mol. The molecule has 6 nitrogen and oxygen atoms in total. The first-order valence-corrected chi connectivity index (χ1v) is 8.20. The summed E-state index contributed by atoms with van der Waals surface area (Å²) in [6.45, 7) is 2.58. The number of aromatic nitrogens is 4. The van der Waals surface area contributed by atoms with E-state index in [1.165, 1.54) is 23.7 Å². The first-order valence-electron chi connectivity index (χ1n) is 7.21. The standard InChI is InChI=1S/C16H17N5OS/c1-11-3-5-12(6-4-11)7-17-14(22)9-23-16-13-8-20-21(2)15(13)18-10-19-16/h3-6,8,10H,7,9H2,1-2H3,(H,17,22). The highest BCUT2D eigenvalue weighted by Gasteiger charge is 2.10. The molecule has 0 fully saturated rings. The average molecular weight is 327 g/mol. The number of amides is 1. The fourth-order valence-electron chi connectivity index (χ4n) is 2.15. The number of hydrogen-bond donors (Lipinski definition) is 1. The van der Waals surface area contributed by atoms with Crippen LogP contribution in [0.1, 0.15) is 11.1 Å². The summed E-state index contributed by atoms with van der Waals surface area (Å²) in [6, 6.07) is 8.12. The minimum atomic E-state index is -0.0220. The second-order valence-corrected chi connectivity index (χ2v) is 6.20. The number of nitrogens with zero attached hydrogens (tertiary/aromatic N) is 4. The summed E-state index contributed by atoms with van der Waals surface area (Å²) >= 11 is 1.39. The van der Waals surface area contributed by atoms with Crippen molar-refractivity contribution in [3.63, 3.8) is 0 Å². The van der Waals surface area contributed by atoms with Crippen LogP contribution < -0.4 is 5.32 Å². The minimum absolute atomic E-state index is 0.0220. The Morgan fingerprint density at radius 1 is 1.26 bits per heavy atom. The van der Waals surface area contributed by atoms with Crippen molar-refractivity contribution in [1.29, 1.82) is 0 Å². The largest absolute Gasteiger partial charge is 0.351 e. The Balaban J connectivity index is 1.57. The summed E-state index contributed by atoms with van der Waals surface area (Å²) in [6.07, 6.45) is 3.22. The summed E-state index contributed by atoms with van der Waals surface area (Å²) in [7, 11) is 1.83. The van der Waals surface area contributed by atoms with E-state index in [9.17, 15) is 4.79 Å². The van der Waals surface area contributed by atoms with Crippen LogP contribution >= 0.6 is 11.8 Å². The number of rotatable bonds is 5. The predicted molar refractivity (Wildman–Crippen MR) is 90.1 cm³/mol. The van der Waals surface area contributed by atoms with Crippen molar-refractivity contribution in [3.8, 4) is 0 Å². The van der Waals surface area contributed by atoms with Gasteiger partial charge in [0.05, 0.1) is 17.3 Å². The molecule has 2 heterocycles. The lowest BCUT2D eigenvalue weighted by molar-refractivity contribution is -0.118. The Bertz CT molecular complexity index is 828. The van der Waals surface area contributed by atoms with Gasteiger partial charge in [-0.15, -0.1) is 0 Å². The summed E-state index contributed by atoms with van der Waals surface area (Å²) in [5.41, 5.74) is 3.06. The molecule has 0 aliphatic rings. The Hall–Kier alpha value is -2.41. The SMILES string of the molecule is Cc1ccc(CNC(=O)CSc2ncnc3c2cnn3C)cc1. The molecule has 118 valence electrons. The molecule has 1 N–H and O–H groups in total. The average Bonchev–Trinajstić information content (AvgIpc) is 2.94. The van der Waals surface area contributed by atoms with Gasteiger partial charge in [0, 0.05) is 13.6 Å². The van der Waals surface area contributed by atoms with Gasteiger partial charge in [0.2, 0.25) is 5.91 Å². The molecular formula is C16H17N5OS. The number of benzene rings is 1. The molecule has 3 rings (SSSR count). The normalized spacial score (nSPS) is 10.9. The number of nitrogens with one attached hydrogen (secondary N) is 1. The fourth-order valence-corrected chi connectivity index (χ4v) is 2.94. The quantitative estimate of drug-likeness (QED) is 0.574. The lowest BCUT2D eigenvalue weighted by Crippen LogP contribution is -2.24. The van der Waals surface area contributed by atoms with Gasteiger partial charge in [-0.3, -0.25) is 9.48 Å². The number of aryl methyl sites for hydroxylation is 2. The van der Waals surface area contributed by atoms with E-state index in [4.69, 9.17) is 0 Å². The van der Waals surface area contributed by atoms with Crippen LogP contribution in [0.2, 0.25) is 0 Å². The Morgan fingerprint density at radius 3 is 2.83 bits per heavy atom. The maximum absolute atomic E-state index is 12.0. The van der Waals surface area contributed by atoms with E-state index in [0.717, 1.165) is 21.6 Å². The third-order valence-corrected chi connectivity index (χ3v) is 4.45. The number of hydrogen-bond acceptors (Lipinski definition) is 5. The van der Waals surface area contributed by atoms with Crippen molar-refractivity contribution in [2.75, 3.05) is 5.75 Å². The second-order valence-electron chi connectivity index (χ2n) is 5.24. The zero-order valence-corrected chi connectivity index (χ0v) is 13.8. The van der Waals surface area contributed by atoms with Crippen LogP contribution in [0.3, 0.4) is 0 Å². The molecule has 3 aromatic rings. The minimum Gasteiger partial charge on any atom is -0.351 e. The molecule has 1 amide bonds. The molecule has 0 aliphatic heterocycles. The second kappa shape index (κ2) is 6.78. The molecule has 0 spiro atoms. The van der Waals surface area contributed by atoms with Crippen molar-refractivity contribution < 1.29 is 4.79 Å². The smallest absolute Gasteiger partial charge is 0.230 e. The van der Waals surface area contributed by atoms with Crippen LogP contribution in [-0.2, 0) is 18.4 Å². The van der Waals surface area contributed by atoms with Crippen LogP contribution in [0, 0.1) is 6.92 Å². The molecule has 7 heteroatoms. The van der Waals surface area contributed by atoms with Crippen molar-refractivity contribution >= 4 is 28.7 Å². The van der Waals surface area contributed by atoms with E-state index < -0.39 is 0 Å². The zero-order chi connectivity index (χ0) is 16.2. The Kier molecular flexibility index (Phi) is 4.57. The maximum atomic E-state index is 12.0. The van der Waals surface area contributed by atoms with E-state index in [2.05, 4.69) is 20.4 Å². The highest BCUT2D eigenvalue weighted by atomic mass is 32.2. The molecule has 23 heavy (non-hydrogen) atoms. The van der Waals surface area contributed by atoms with E-state index in [-0.39, 0.29) is 5.91 Å². The number of thioether (sulfide) groups is 1. The van der Waals surface area contributed by atoms with Crippen molar-refractivity contribution in [3.05, 3.63) is 47.9 Å². The van der Waals surface area contributed by atoms with Gasteiger partial charge in [-0.05, 0) is 12.5 Å². The summed E-state index contributed by atoms with van der Waals surface area (Å²) in [4.78, 5) is 20.4. The van der Waals surface area contributed by atoms with Crippen molar-refractivity contribution in [2.45, 2.75) is 18.5 Å². The number of carbonyl (C=O) groups is 1. The van der Waals surface area contributed by atoms with Crippen LogP contribution in [0.25, 0.3) is 11.0 Å². The van der Waals surface area contributed by atoms with E-state index in [0.29, 0.717) is 12.3 Å². The van der Waals surface area contributed by atoms with Gasteiger partial charge in [0.25, 0.3) is 0 Å². The van der Waals surface area contributed by atoms with Crippen LogP contribution in [0.15, 0.2) is 41.8 Å². The third-order valence-electron chi connectivity index (χ3n) is 3.44. The van der Waals surface area contributed by atoms with Gasteiger partial charge in [0.15, 0.2) is 5.65 Å². The molecular weight excluding hydrogens is 310 g/mol. The highest BCUT2D eigenvalue weighted by Crippen LogP contribution is 2.23.